The van der Waals surface area contributed by atoms with E-state index in [1.54, 1.807) is 0 Å². The van der Waals surface area contributed by atoms with E-state index in [2.05, 4.69) is 67.4 Å². The van der Waals surface area contributed by atoms with Crippen LogP contribution in [0.1, 0.15) is 104 Å². The molecule has 2 heterocycles. The molecule has 45 heavy (non-hydrogen) atoms. The second-order valence-corrected chi connectivity index (χ2v) is 13.0. The van der Waals surface area contributed by atoms with Gasteiger partial charge in [0.05, 0.1) is 0 Å². The van der Waals surface area contributed by atoms with Crippen molar-refractivity contribution in [2.24, 2.45) is 10.8 Å². The van der Waals surface area contributed by atoms with Gasteiger partial charge in [-0.2, -0.15) is 0 Å². The van der Waals surface area contributed by atoms with Gasteiger partial charge in [0.2, 0.25) is 0 Å². The SMILES string of the molecule is CC(C)c1cc(-c2cc3c(cn2)CCc2ccncc2-3)[c-]c2ccccc12.CCC(C)(CC)C(=O)/C=C(\O)C(C)(CC)CC.[Ir]. The van der Waals surface area contributed by atoms with Crippen LogP contribution in [-0.4, -0.2) is 20.9 Å². The van der Waals surface area contributed by atoms with Crippen LogP contribution in [0.15, 0.2) is 72.9 Å². The number of carbonyl (C=O) groups is 1. The van der Waals surface area contributed by atoms with Crippen molar-refractivity contribution < 1.29 is 30.0 Å². The third-order valence-electron chi connectivity index (χ3n) is 10.2. The van der Waals surface area contributed by atoms with Gasteiger partial charge in [-0.3, -0.25) is 14.8 Å². The molecule has 1 radical (unpaired) electrons. The molecule has 1 aliphatic rings. The van der Waals surface area contributed by atoms with E-state index in [-0.39, 0.29) is 42.5 Å². The Morgan fingerprint density at radius 2 is 1.56 bits per heavy atom. The number of nitrogens with zero attached hydrogens (tertiary/aromatic N) is 2. The van der Waals surface area contributed by atoms with Crippen LogP contribution >= 0.6 is 0 Å². The number of hydrogen-bond acceptors (Lipinski definition) is 4. The number of aliphatic hydroxyl groups is 1. The van der Waals surface area contributed by atoms with Crippen molar-refractivity contribution >= 4 is 16.6 Å². The summed E-state index contributed by atoms with van der Waals surface area (Å²) < 4.78 is 0. The first-order valence-electron chi connectivity index (χ1n) is 16.3. The topological polar surface area (TPSA) is 63.1 Å². The molecule has 0 saturated carbocycles. The molecule has 5 heteroatoms. The number of carbonyl (C=O) groups excluding carboxylic acids is 1. The summed E-state index contributed by atoms with van der Waals surface area (Å²) in [7, 11) is 0. The van der Waals surface area contributed by atoms with Crippen molar-refractivity contribution in [1.29, 1.82) is 0 Å². The molecule has 4 nitrogen and oxygen atoms in total. The van der Waals surface area contributed by atoms with Gasteiger partial charge in [-0.1, -0.05) is 90.6 Å². The fourth-order valence-electron chi connectivity index (χ4n) is 5.79. The Labute approximate surface area is 284 Å². The molecule has 0 fully saturated rings. The molecule has 241 valence electrons. The Morgan fingerprint density at radius 3 is 2.20 bits per heavy atom. The fraction of sp³-hybridized carbons (Fsp3) is 0.425. The van der Waals surface area contributed by atoms with Crippen molar-refractivity contribution in [3.05, 3.63) is 95.6 Å². The van der Waals surface area contributed by atoms with E-state index in [1.807, 2.05) is 60.1 Å². The summed E-state index contributed by atoms with van der Waals surface area (Å²) in [5.41, 5.74) is 7.99. The molecule has 1 N–H and O–H groups in total. The van der Waals surface area contributed by atoms with Crippen LogP contribution in [0.2, 0.25) is 0 Å². The number of allylic oxidation sites excluding steroid dienone is 2. The van der Waals surface area contributed by atoms with Gasteiger partial charge in [0.1, 0.15) is 5.76 Å². The third kappa shape index (κ3) is 7.81. The zero-order chi connectivity index (χ0) is 32.1. The molecular formula is C40H49IrN2O2-. The molecule has 5 rings (SSSR count). The zero-order valence-corrected chi connectivity index (χ0v) is 30.6. The number of pyridine rings is 2. The van der Waals surface area contributed by atoms with Gasteiger partial charge in [0, 0.05) is 66.9 Å². The van der Waals surface area contributed by atoms with Gasteiger partial charge >= 0.3 is 0 Å². The van der Waals surface area contributed by atoms with Crippen molar-refractivity contribution in [2.45, 2.75) is 99.8 Å². The number of ketones is 1. The number of aryl methyl sites for hydroxylation is 2. The molecule has 0 unspecified atom stereocenters. The predicted octanol–water partition coefficient (Wildman–Crippen LogP) is 10.6. The van der Waals surface area contributed by atoms with E-state index in [0.29, 0.717) is 5.92 Å². The first kappa shape index (κ1) is 36.3. The van der Waals surface area contributed by atoms with Gasteiger partial charge < -0.3 is 5.11 Å². The number of hydrogen-bond donors (Lipinski definition) is 1. The second-order valence-electron chi connectivity index (χ2n) is 13.0. The molecule has 4 aromatic rings. The van der Waals surface area contributed by atoms with Gasteiger partial charge in [-0.15, -0.1) is 29.1 Å². The Kier molecular flexibility index (Phi) is 12.5. The van der Waals surface area contributed by atoms with Crippen LogP contribution in [0.3, 0.4) is 0 Å². The Morgan fingerprint density at radius 1 is 0.911 bits per heavy atom. The van der Waals surface area contributed by atoms with Crippen molar-refractivity contribution in [3.8, 4) is 22.4 Å². The van der Waals surface area contributed by atoms with E-state index in [9.17, 15) is 9.90 Å². The van der Waals surface area contributed by atoms with Gasteiger partial charge in [0.15, 0.2) is 5.78 Å². The summed E-state index contributed by atoms with van der Waals surface area (Å²) in [6.45, 7) is 16.6. The minimum atomic E-state index is -0.337. The molecule has 0 aliphatic heterocycles. The van der Waals surface area contributed by atoms with Crippen LogP contribution in [0.4, 0.5) is 0 Å². The molecule has 0 atom stereocenters. The summed E-state index contributed by atoms with van der Waals surface area (Å²) in [5.74, 6) is 0.736. The maximum atomic E-state index is 12.2. The minimum Gasteiger partial charge on any atom is -0.512 e. The van der Waals surface area contributed by atoms with Crippen molar-refractivity contribution in [1.82, 2.24) is 9.97 Å². The maximum Gasteiger partial charge on any atom is 0.164 e. The van der Waals surface area contributed by atoms with Crippen LogP contribution in [-0.2, 0) is 37.7 Å². The summed E-state index contributed by atoms with van der Waals surface area (Å²) in [6, 6.07) is 18.7. The molecule has 2 aromatic carbocycles. The number of aromatic nitrogens is 2. The molecule has 2 aromatic heterocycles. The quantitative estimate of drug-likeness (QED) is 0.104. The van der Waals surface area contributed by atoms with Crippen molar-refractivity contribution in [2.75, 3.05) is 0 Å². The largest absolute Gasteiger partial charge is 0.512 e. The first-order valence-corrected chi connectivity index (χ1v) is 16.3. The smallest absolute Gasteiger partial charge is 0.164 e. The zero-order valence-electron chi connectivity index (χ0n) is 28.3. The Bertz CT molecular complexity index is 1650. The van der Waals surface area contributed by atoms with E-state index >= 15 is 0 Å². The number of fused-ring (bicyclic) bond motifs is 4. The molecule has 0 spiro atoms. The van der Waals surface area contributed by atoms with Gasteiger partial charge in [-0.05, 0) is 67.2 Å². The van der Waals surface area contributed by atoms with E-state index in [0.717, 1.165) is 55.2 Å². The Balaban J connectivity index is 0.000000270. The monoisotopic (exact) mass is 782 g/mol. The standard InChI is InChI=1S/C25H21N2.C15H28O2.Ir/c1-16(2)22-12-20(11-18-5-3-4-6-21(18)22)25-13-23-19(14-27-25)8-7-17-9-10-26-15-24(17)23;1-7-14(5,8-2)12(16)11-13(17)15(6,9-3)10-4;/h3-6,9-10,12-16H,7-8H2,1-2H3;11,16H,7-10H2,1-6H3;/q-1;;/b;12-11-;. The van der Waals surface area contributed by atoms with Gasteiger partial charge in [-0.25, -0.2) is 0 Å². The number of aliphatic hydroxyl groups excluding tert-OH is 1. The van der Waals surface area contributed by atoms with E-state index in [1.165, 1.54) is 39.3 Å². The number of rotatable bonds is 9. The summed E-state index contributed by atoms with van der Waals surface area (Å²) >= 11 is 0. The number of benzene rings is 2. The van der Waals surface area contributed by atoms with Crippen LogP contribution in [0.25, 0.3) is 33.2 Å². The summed E-state index contributed by atoms with van der Waals surface area (Å²) in [6.07, 6.45) is 12.8. The fourth-order valence-corrected chi connectivity index (χ4v) is 5.79. The maximum absolute atomic E-state index is 12.2. The molecule has 1 aliphatic carbocycles. The predicted molar refractivity (Wildman–Crippen MR) is 184 cm³/mol. The molecule has 0 amide bonds. The Hall–Kier alpha value is -3.14. The summed E-state index contributed by atoms with van der Waals surface area (Å²) in [5, 5.41) is 12.6. The van der Waals surface area contributed by atoms with E-state index in [4.69, 9.17) is 4.98 Å². The average Bonchev–Trinajstić information content (AvgIpc) is 3.06. The van der Waals surface area contributed by atoms with Crippen LogP contribution < -0.4 is 0 Å². The first-order chi connectivity index (χ1) is 21.0. The third-order valence-corrected chi connectivity index (χ3v) is 10.2. The summed E-state index contributed by atoms with van der Waals surface area (Å²) in [4.78, 5) is 21.3. The van der Waals surface area contributed by atoms with Crippen molar-refractivity contribution in [3.63, 3.8) is 0 Å². The second kappa shape index (κ2) is 15.4. The molecule has 0 bridgehead atoms. The normalized spacial score (nSPS) is 13.0. The van der Waals surface area contributed by atoms with E-state index < -0.39 is 0 Å². The van der Waals surface area contributed by atoms with Gasteiger partial charge in [0.25, 0.3) is 0 Å². The van der Waals surface area contributed by atoms with Crippen LogP contribution in [0, 0.1) is 16.9 Å². The van der Waals surface area contributed by atoms with Crippen LogP contribution in [0.5, 0.6) is 0 Å². The minimum absolute atomic E-state index is 0. The molecule has 0 saturated heterocycles. The molecular weight excluding hydrogens is 733 g/mol. The average molecular weight is 782 g/mol.